The molecule has 0 unspecified atom stereocenters. The van der Waals surface area contributed by atoms with Crippen LogP contribution >= 0.6 is 0 Å². The van der Waals surface area contributed by atoms with Gasteiger partial charge in [0, 0.05) is 7.11 Å². The largest absolute Gasteiger partial charge is 0.480 e. The minimum atomic E-state index is -1.03. The van der Waals surface area contributed by atoms with Crippen molar-refractivity contribution < 1.29 is 33.6 Å². The molecule has 0 aliphatic carbocycles. The summed E-state index contributed by atoms with van der Waals surface area (Å²) in [5, 5.41) is 8.42. The molecule has 0 spiro atoms. The Morgan fingerprint density at radius 1 is 1.07 bits per heavy atom. The predicted octanol–water partition coefficient (Wildman–Crippen LogP) is -1.14. The van der Waals surface area contributed by atoms with Gasteiger partial charge in [-0.1, -0.05) is 0 Å². The number of H-pyrrole nitrogens is 1. The molecule has 2 heterocycles. The third-order valence-corrected chi connectivity index (χ3v) is 3.58. The number of hydrogen-bond donors (Lipinski definition) is 3. The summed E-state index contributed by atoms with van der Waals surface area (Å²) in [5.41, 5.74) is 6.14. The Labute approximate surface area is 165 Å². The van der Waals surface area contributed by atoms with Gasteiger partial charge in [-0.05, 0) is 0 Å². The zero-order valence-electron chi connectivity index (χ0n) is 16.1. The number of aromatic nitrogens is 4. The van der Waals surface area contributed by atoms with E-state index in [2.05, 4.69) is 15.0 Å². The highest BCUT2D eigenvalue weighted by atomic mass is 16.5. The van der Waals surface area contributed by atoms with Crippen molar-refractivity contribution in [1.29, 1.82) is 0 Å². The molecule has 0 fully saturated rings. The highest BCUT2D eigenvalue weighted by Gasteiger charge is 2.14. The number of nitrogens with zero attached hydrogens (tertiary/aromatic N) is 3. The molecule has 162 valence electrons. The number of imidazole rings is 1. The van der Waals surface area contributed by atoms with Crippen molar-refractivity contribution in [3.05, 3.63) is 10.5 Å². The molecule has 0 aliphatic rings. The van der Waals surface area contributed by atoms with Crippen LogP contribution in [0.25, 0.3) is 11.2 Å². The molecule has 0 atom stereocenters. The molecule has 13 heteroatoms. The zero-order chi connectivity index (χ0) is 21.1. The van der Waals surface area contributed by atoms with Gasteiger partial charge < -0.3 is 39.5 Å². The summed E-state index contributed by atoms with van der Waals surface area (Å²) in [6, 6.07) is 0.0548. The first kappa shape index (κ1) is 22.5. The highest BCUT2D eigenvalue weighted by molar-refractivity contribution is 5.81. The van der Waals surface area contributed by atoms with E-state index in [1.165, 1.54) is 4.57 Å². The van der Waals surface area contributed by atoms with Crippen LogP contribution in [0.15, 0.2) is 4.79 Å². The van der Waals surface area contributed by atoms with Crippen LogP contribution in [0.4, 0.5) is 5.82 Å². The SMILES string of the molecule is COCCOc1nc(N)c2[nH]c(=O)n(CCOCCOCCOCC(=O)O)c2n1. The van der Waals surface area contributed by atoms with Gasteiger partial charge >= 0.3 is 17.7 Å². The number of carboxylic acid groups (broad SMARTS) is 1. The summed E-state index contributed by atoms with van der Waals surface area (Å²) < 4.78 is 27.2. The number of carbonyl (C=O) groups is 1. The Hall–Kier alpha value is -2.74. The van der Waals surface area contributed by atoms with Crippen LogP contribution in [0.5, 0.6) is 6.01 Å². The summed E-state index contributed by atoms with van der Waals surface area (Å²) in [7, 11) is 1.55. The van der Waals surface area contributed by atoms with E-state index in [9.17, 15) is 9.59 Å². The maximum Gasteiger partial charge on any atom is 0.329 e. The van der Waals surface area contributed by atoms with Gasteiger partial charge in [-0.2, -0.15) is 9.97 Å². The third-order valence-electron chi connectivity index (χ3n) is 3.58. The van der Waals surface area contributed by atoms with Crippen LogP contribution in [0, 0.1) is 0 Å². The molecule has 0 amide bonds. The number of rotatable bonds is 15. The van der Waals surface area contributed by atoms with Gasteiger partial charge in [-0.3, -0.25) is 4.57 Å². The normalized spacial score (nSPS) is 11.2. The van der Waals surface area contributed by atoms with Crippen LogP contribution < -0.4 is 16.2 Å². The van der Waals surface area contributed by atoms with Crippen molar-refractivity contribution in [2.75, 3.05) is 65.7 Å². The molecule has 0 saturated carbocycles. The van der Waals surface area contributed by atoms with E-state index < -0.39 is 5.97 Å². The van der Waals surface area contributed by atoms with Crippen molar-refractivity contribution >= 4 is 23.0 Å². The molecule has 0 aromatic carbocycles. The predicted molar refractivity (Wildman–Crippen MR) is 100 cm³/mol. The van der Waals surface area contributed by atoms with Crippen molar-refractivity contribution in [2.24, 2.45) is 0 Å². The van der Waals surface area contributed by atoms with Gasteiger partial charge in [0.25, 0.3) is 0 Å². The fourth-order valence-electron chi connectivity index (χ4n) is 2.27. The second kappa shape index (κ2) is 12.0. The number of nitrogens with one attached hydrogen (secondary N) is 1. The Morgan fingerprint density at radius 3 is 2.45 bits per heavy atom. The molecule has 2 rings (SSSR count). The number of hydrogen-bond acceptors (Lipinski definition) is 10. The highest BCUT2D eigenvalue weighted by Crippen LogP contribution is 2.17. The van der Waals surface area contributed by atoms with Crippen molar-refractivity contribution in [1.82, 2.24) is 19.5 Å². The molecular formula is C16H25N5O8. The number of fused-ring (bicyclic) bond motifs is 1. The lowest BCUT2D eigenvalue weighted by molar-refractivity contribution is -0.142. The van der Waals surface area contributed by atoms with E-state index in [-0.39, 0.29) is 57.1 Å². The molecule has 4 N–H and O–H groups in total. The van der Waals surface area contributed by atoms with Gasteiger partial charge in [-0.25, -0.2) is 9.59 Å². The third kappa shape index (κ3) is 7.30. The lowest BCUT2D eigenvalue weighted by Gasteiger charge is -2.08. The van der Waals surface area contributed by atoms with Gasteiger partial charge in [-0.15, -0.1) is 0 Å². The number of aliphatic carboxylic acids is 1. The van der Waals surface area contributed by atoms with Crippen molar-refractivity contribution in [3.63, 3.8) is 0 Å². The Bertz CT molecular complexity index is 837. The van der Waals surface area contributed by atoms with E-state index >= 15 is 0 Å². The molecule has 2 aromatic rings. The number of carboxylic acids is 1. The second-order valence-corrected chi connectivity index (χ2v) is 5.68. The molecule has 0 bridgehead atoms. The standard InChI is InChI=1S/C16H25N5O8/c1-25-4-9-29-15-19-13(17)12-14(20-15)21(16(24)18-12)2-3-26-5-6-27-7-8-28-10-11(22)23/h2-10H2,1H3,(H,18,24)(H,22,23)(H2,17,19,20). The number of nitrogens with two attached hydrogens (primary N) is 1. The molecular weight excluding hydrogens is 390 g/mol. The van der Waals surface area contributed by atoms with Crippen LogP contribution in [0.2, 0.25) is 0 Å². The minimum Gasteiger partial charge on any atom is -0.480 e. The molecule has 0 saturated heterocycles. The molecule has 29 heavy (non-hydrogen) atoms. The molecule has 0 radical (unpaired) electrons. The van der Waals surface area contributed by atoms with E-state index in [4.69, 9.17) is 34.5 Å². The molecule has 2 aromatic heterocycles. The van der Waals surface area contributed by atoms with E-state index in [1.807, 2.05) is 0 Å². The average Bonchev–Trinajstić information content (AvgIpc) is 2.99. The maximum absolute atomic E-state index is 12.2. The van der Waals surface area contributed by atoms with Crippen molar-refractivity contribution in [2.45, 2.75) is 6.54 Å². The van der Waals surface area contributed by atoms with Gasteiger partial charge in [0.2, 0.25) is 0 Å². The summed E-state index contributed by atoms with van der Waals surface area (Å²) in [5.74, 6) is -0.917. The van der Waals surface area contributed by atoms with Crippen LogP contribution in [0.3, 0.4) is 0 Å². The minimum absolute atomic E-state index is 0.0548. The smallest absolute Gasteiger partial charge is 0.329 e. The first-order valence-corrected chi connectivity index (χ1v) is 8.85. The molecule has 13 nitrogen and oxygen atoms in total. The van der Waals surface area contributed by atoms with E-state index in [0.717, 1.165) is 0 Å². The number of anilines is 1. The quantitative estimate of drug-likeness (QED) is 0.300. The lowest BCUT2D eigenvalue weighted by atomic mass is 10.5. The van der Waals surface area contributed by atoms with Crippen molar-refractivity contribution in [3.8, 4) is 6.01 Å². The first-order chi connectivity index (χ1) is 14.0. The van der Waals surface area contributed by atoms with E-state index in [0.29, 0.717) is 31.0 Å². The van der Waals surface area contributed by atoms with Crippen LogP contribution in [-0.2, 0) is 30.3 Å². The fourth-order valence-corrected chi connectivity index (χ4v) is 2.27. The zero-order valence-corrected chi connectivity index (χ0v) is 16.1. The Morgan fingerprint density at radius 2 is 1.76 bits per heavy atom. The topological polar surface area (TPSA) is 173 Å². The Kier molecular flexibility index (Phi) is 9.30. The first-order valence-electron chi connectivity index (χ1n) is 8.85. The lowest BCUT2D eigenvalue weighted by Crippen LogP contribution is -2.21. The summed E-state index contributed by atoms with van der Waals surface area (Å²) in [6.07, 6.45) is 0. The average molecular weight is 415 g/mol. The maximum atomic E-state index is 12.2. The summed E-state index contributed by atoms with van der Waals surface area (Å²) >= 11 is 0. The van der Waals surface area contributed by atoms with E-state index in [1.54, 1.807) is 7.11 Å². The fraction of sp³-hybridized carbons (Fsp3) is 0.625. The summed E-state index contributed by atoms with van der Waals surface area (Å²) in [6.45, 7) is 1.82. The monoisotopic (exact) mass is 415 g/mol. The number of methoxy groups -OCH3 is 1. The number of nitrogen functional groups attached to an aromatic ring is 1. The van der Waals surface area contributed by atoms with Gasteiger partial charge in [0.05, 0.1) is 46.2 Å². The van der Waals surface area contributed by atoms with Gasteiger partial charge in [0.15, 0.2) is 11.5 Å². The van der Waals surface area contributed by atoms with Crippen LogP contribution in [-0.4, -0.2) is 90.6 Å². The molecule has 0 aliphatic heterocycles. The second-order valence-electron chi connectivity index (χ2n) is 5.68. The van der Waals surface area contributed by atoms with Gasteiger partial charge in [0.1, 0.15) is 18.7 Å². The Balaban J connectivity index is 1.78. The number of ether oxygens (including phenoxy) is 5. The number of aromatic amines is 1. The van der Waals surface area contributed by atoms with Crippen LogP contribution in [0.1, 0.15) is 0 Å². The summed E-state index contributed by atoms with van der Waals surface area (Å²) in [4.78, 5) is 33.3.